The second-order valence-corrected chi connectivity index (χ2v) is 7.94. The molecule has 0 aromatic heterocycles. The Morgan fingerprint density at radius 2 is 1.87 bits per heavy atom. The van der Waals surface area contributed by atoms with Crippen LogP contribution >= 0.6 is 0 Å². The summed E-state index contributed by atoms with van der Waals surface area (Å²) in [7, 11) is 0. The Morgan fingerprint density at radius 1 is 1.07 bits per heavy atom. The first-order chi connectivity index (χ1) is 14.6. The van der Waals surface area contributed by atoms with Gasteiger partial charge in [0.2, 0.25) is 5.91 Å². The van der Waals surface area contributed by atoms with Gasteiger partial charge >= 0.3 is 0 Å². The third-order valence-corrected chi connectivity index (χ3v) is 5.76. The zero-order valence-corrected chi connectivity index (χ0v) is 17.5. The smallest absolute Gasteiger partial charge is 0.265 e. The van der Waals surface area contributed by atoms with Gasteiger partial charge in [0.25, 0.3) is 5.91 Å². The van der Waals surface area contributed by atoms with E-state index in [1.165, 1.54) is 12.0 Å². The highest BCUT2D eigenvalue weighted by atomic mass is 16.5. The van der Waals surface area contributed by atoms with Crippen molar-refractivity contribution >= 4 is 23.2 Å². The fourth-order valence-corrected chi connectivity index (χ4v) is 4.15. The summed E-state index contributed by atoms with van der Waals surface area (Å²) >= 11 is 0. The number of nitrogens with zero attached hydrogens (tertiary/aromatic N) is 2. The Bertz CT molecular complexity index is 908. The number of amides is 2. The van der Waals surface area contributed by atoms with E-state index in [2.05, 4.69) is 12.2 Å². The van der Waals surface area contributed by atoms with Crippen LogP contribution in [0.15, 0.2) is 48.5 Å². The van der Waals surface area contributed by atoms with Gasteiger partial charge in [-0.15, -0.1) is 0 Å². The highest BCUT2D eigenvalue weighted by molar-refractivity contribution is 5.95. The molecule has 1 unspecified atom stereocenters. The minimum absolute atomic E-state index is 0.0188. The lowest BCUT2D eigenvalue weighted by atomic mass is 10.1. The second-order valence-electron chi connectivity index (χ2n) is 7.94. The first kappa shape index (κ1) is 20.3. The second kappa shape index (κ2) is 9.20. The van der Waals surface area contributed by atoms with Crippen molar-refractivity contribution in [3.05, 3.63) is 54.1 Å². The Kier molecular flexibility index (Phi) is 6.21. The summed E-state index contributed by atoms with van der Waals surface area (Å²) in [5, 5.41) is 2.99. The molecule has 1 N–H and O–H groups in total. The maximum Gasteiger partial charge on any atom is 0.265 e. The Labute approximate surface area is 177 Å². The molecular weight excluding hydrogens is 378 g/mol. The minimum Gasteiger partial charge on any atom is -0.477 e. The quantitative estimate of drug-likeness (QED) is 0.825. The summed E-state index contributed by atoms with van der Waals surface area (Å²) in [5.74, 6) is 0.564. The normalized spacial score (nSPS) is 18.4. The van der Waals surface area contributed by atoms with Crippen molar-refractivity contribution in [3.8, 4) is 5.75 Å². The zero-order chi connectivity index (χ0) is 20.9. The molecule has 0 radical (unpaired) electrons. The lowest BCUT2D eigenvalue weighted by Crippen LogP contribution is -2.52. The average Bonchev–Trinajstić information content (AvgIpc) is 2.79. The molecule has 6 nitrogen and oxygen atoms in total. The van der Waals surface area contributed by atoms with Crippen LogP contribution in [0.5, 0.6) is 5.75 Å². The molecule has 2 amide bonds. The number of likely N-dealkylation sites (tertiary alicyclic amines) is 1. The maximum absolute atomic E-state index is 13.0. The van der Waals surface area contributed by atoms with E-state index in [9.17, 15) is 9.59 Å². The molecule has 0 bridgehead atoms. The van der Waals surface area contributed by atoms with E-state index < -0.39 is 6.10 Å². The Morgan fingerprint density at radius 3 is 2.67 bits per heavy atom. The molecule has 0 aliphatic carbocycles. The van der Waals surface area contributed by atoms with E-state index in [4.69, 9.17) is 4.74 Å². The van der Waals surface area contributed by atoms with Crippen LogP contribution in [0, 0.1) is 0 Å². The Hall–Kier alpha value is -3.02. The molecule has 30 heavy (non-hydrogen) atoms. The number of carbonyl (C=O) groups is 2. The fourth-order valence-electron chi connectivity index (χ4n) is 4.15. The lowest BCUT2D eigenvalue weighted by molar-refractivity contribution is -0.139. The van der Waals surface area contributed by atoms with Gasteiger partial charge in [-0.25, -0.2) is 0 Å². The van der Waals surface area contributed by atoms with E-state index in [1.807, 2.05) is 58.3 Å². The summed E-state index contributed by atoms with van der Waals surface area (Å²) < 4.78 is 6.04. The average molecular weight is 408 g/mol. The zero-order valence-electron chi connectivity index (χ0n) is 17.5. The minimum atomic E-state index is -0.589. The van der Waals surface area contributed by atoms with E-state index in [1.54, 1.807) is 0 Å². The van der Waals surface area contributed by atoms with E-state index >= 15 is 0 Å². The van der Waals surface area contributed by atoms with Crippen molar-refractivity contribution in [1.82, 2.24) is 4.90 Å². The molecule has 1 fully saturated rings. The summed E-state index contributed by atoms with van der Waals surface area (Å²) in [6.07, 6.45) is 3.58. The van der Waals surface area contributed by atoms with Crippen LogP contribution in [0.1, 0.15) is 31.7 Å². The summed E-state index contributed by atoms with van der Waals surface area (Å²) in [5.41, 5.74) is 2.82. The van der Waals surface area contributed by atoms with Crippen LogP contribution in [-0.2, 0) is 16.0 Å². The predicted molar refractivity (Wildman–Crippen MR) is 118 cm³/mol. The molecule has 1 atom stereocenters. The number of aryl methyl sites for hydroxylation is 1. The van der Waals surface area contributed by atoms with Crippen LogP contribution in [-0.4, -0.2) is 49.0 Å². The molecule has 4 rings (SSSR count). The number of hydrogen-bond donors (Lipinski definition) is 1. The molecule has 158 valence electrons. The van der Waals surface area contributed by atoms with Gasteiger partial charge in [0, 0.05) is 18.8 Å². The molecule has 6 heteroatoms. The topological polar surface area (TPSA) is 61.9 Å². The highest BCUT2D eigenvalue weighted by Gasteiger charge is 2.34. The number of anilines is 2. The SMILES string of the molecule is CCc1cccc(NC(=O)CN2CC(C(=O)N3CCCCC3)Oc3ccccc32)c1. The molecule has 2 aliphatic rings. The molecule has 2 aromatic rings. The van der Waals surface area contributed by atoms with Gasteiger partial charge in [-0.05, 0) is 55.5 Å². The number of piperidine rings is 1. The first-order valence-corrected chi connectivity index (χ1v) is 10.8. The van der Waals surface area contributed by atoms with E-state index in [0.717, 1.165) is 43.7 Å². The molecule has 2 aliphatic heterocycles. The number of rotatable bonds is 5. The molecule has 2 aromatic carbocycles. The van der Waals surface area contributed by atoms with Crippen molar-refractivity contribution < 1.29 is 14.3 Å². The molecule has 1 saturated heterocycles. The van der Waals surface area contributed by atoms with Gasteiger partial charge < -0.3 is 19.9 Å². The van der Waals surface area contributed by atoms with Crippen molar-refractivity contribution in [2.75, 3.05) is 36.4 Å². The summed E-state index contributed by atoms with van der Waals surface area (Å²) in [6, 6.07) is 15.5. The summed E-state index contributed by atoms with van der Waals surface area (Å²) in [4.78, 5) is 29.7. The number of fused-ring (bicyclic) bond motifs is 1. The largest absolute Gasteiger partial charge is 0.477 e. The predicted octanol–water partition coefficient (Wildman–Crippen LogP) is 3.47. The van der Waals surface area contributed by atoms with Gasteiger partial charge in [0.05, 0.1) is 18.8 Å². The van der Waals surface area contributed by atoms with Crippen molar-refractivity contribution in [1.29, 1.82) is 0 Å². The fraction of sp³-hybridized carbons (Fsp3) is 0.417. The third-order valence-electron chi connectivity index (χ3n) is 5.76. The molecule has 0 spiro atoms. The lowest BCUT2D eigenvalue weighted by Gasteiger charge is -2.38. The van der Waals surface area contributed by atoms with Crippen LogP contribution < -0.4 is 15.0 Å². The standard InChI is InChI=1S/C24H29N3O3/c1-2-18-9-8-10-19(15-18)25-23(28)17-27-16-22(24(29)26-13-6-3-7-14-26)30-21-12-5-4-11-20(21)27/h4-5,8-12,15,22H,2-3,6-7,13-14,16-17H2,1H3,(H,25,28). The van der Waals surface area contributed by atoms with Crippen LogP contribution in [0.4, 0.5) is 11.4 Å². The van der Waals surface area contributed by atoms with Crippen molar-refractivity contribution in [2.24, 2.45) is 0 Å². The van der Waals surface area contributed by atoms with Crippen molar-refractivity contribution in [3.63, 3.8) is 0 Å². The van der Waals surface area contributed by atoms with E-state index in [-0.39, 0.29) is 18.4 Å². The molecular formula is C24H29N3O3. The van der Waals surface area contributed by atoms with E-state index in [0.29, 0.717) is 12.3 Å². The summed E-state index contributed by atoms with van der Waals surface area (Å²) in [6.45, 7) is 4.20. The van der Waals surface area contributed by atoms with Gasteiger partial charge in [-0.3, -0.25) is 9.59 Å². The number of hydrogen-bond acceptors (Lipinski definition) is 4. The first-order valence-electron chi connectivity index (χ1n) is 10.8. The number of benzene rings is 2. The van der Waals surface area contributed by atoms with Gasteiger partial charge in [-0.1, -0.05) is 31.2 Å². The van der Waals surface area contributed by atoms with Gasteiger partial charge in [0.1, 0.15) is 5.75 Å². The molecule has 2 heterocycles. The number of nitrogens with one attached hydrogen (secondary N) is 1. The number of ether oxygens (including phenoxy) is 1. The monoisotopic (exact) mass is 407 g/mol. The van der Waals surface area contributed by atoms with Crippen LogP contribution in [0.3, 0.4) is 0 Å². The number of carbonyl (C=O) groups excluding carboxylic acids is 2. The number of para-hydroxylation sites is 2. The maximum atomic E-state index is 13.0. The highest BCUT2D eigenvalue weighted by Crippen LogP contribution is 2.33. The molecule has 0 saturated carbocycles. The van der Waals surface area contributed by atoms with Gasteiger partial charge in [0.15, 0.2) is 6.10 Å². The van der Waals surface area contributed by atoms with Gasteiger partial charge in [-0.2, -0.15) is 0 Å². The van der Waals surface area contributed by atoms with Crippen LogP contribution in [0.2, 0.25) is 0 Å². The third kappa shape index (κ3) is 4.58. The van der Waals surface area contributed by atoms with Crippen molar-refractivity contribution in [2.45, 2.75) is 38.7 Å². The van der Waals surface area contributed by atoms with Crippen LogP contribution in [0.25, 0.3) is 0 Å². The Balaban J connectivity index is 1.48.